The van der Waals surface area contributed by atoms with Crippen LogP contribution in [-0.4, -0.2) is 59.1 Å². The maximum Gasteiger partial charge on any atom is 0.249 e. The molecule has 4 amide bonds. The first-order valence-corrected chi connectivity index (χ1v) is 6.80. The third-order valence-electron chi connectivity index (χ3n) is 3.92. The van der Waals surface area contributed by atoms with Crippen molar-refractivity contribution in [2.24, 2.45) is 5.92 Å². The zero-order valence-corrected chi connectivity index (χ0v) is 11.7. The van der Waals surface area contributed by atoms with Crippen molar-refractivity contribution in [1.29, 1.82) is 0 Å². The Morgan fingerprint density at radius 1 is 1.30 bits per heavy atom. The van der Waals surface area contributed by atoms with Gasteiger partial charge in [-0.3, -0.25) is 24.5 Å². The normalized spacial score (nSPS) is 27.3. The fraction of sp³-hybridized carbons (Fsp3) is 0.692. The lowest BCUT2D eigenvalue weighted by Crippen LogP contribution is -2.60. The van der Waals surface area contributed by atoms with Crippen molar-refractivity contribution in [3.8, 4) is 0 Å². The quantitative estimate of drug-likeness (QED) is 0.632. The van der Waals surface area contributed by atoms with Crippen molar-refractivity contribution in [2.75, 3.05) is 19.6 Å². The summed E-state index contributed by atoms with van der Waals surface area (Å²) in [5, 5.41) is 2.21. The van der Waals surface area contributed by atoms with E-state index in [1.807, 2.05) is 0 Å². The Hall–Kier alpha value is -1.92. The van der Waals surface area contributed by atoms with Crippen LogP contribution in [0.1, 0.15) is 26.7 Å². The molecule has 20 heavy (non-hydrogen) atoms. The van der Waals surface area contributed by atoms with E-state index in [0.717, 1.165) is 6.42 Å². The van der Waals surface area contributed by atoms with Crippen LogP contribution < -0.4 is 5.32 Å². The van der Waals surface area contributed by atoms with Gasteiger partial charge < -0.3 is 9.80 Å². The van der Waals surface area contributed by atoms with Crippen molar-refractivity contribution >= 4 is 23.6 Å². The smallest absolute Gasteiger partial charge is 0.249 e. The number of imide groups is 1. The Kier molecular flexibility index (Phi) is 4.06. The average Bonchev–Trinajstić information content (AvgIpc) is 2.42. The Morgan fingerprint density at radius 2 is 2.00 bits per heavy atom. The highest BCUT2D eigenvalue weighted by Gasteiger charge is 2.38. The number of nitrogens with one attached hydrogen (secondary N) is 1. The molecule has 2 atom stereocenters. The summed E-state index contributed by atoms with van der Waals surface area (Å²) < 4.78 is 0. The standard InChI is InChI=1S/C13H19N3O4/c1-8-12(19)14-11(18)7-16(8)13(20)10-4-3-5-15(6-10)9(2)17/h8,10H,3-7H2,1-2H3,(H,14,18,19). The average molecular weight is 281 g/mol. The Bertz CT molecular complexity index is 463. The molecule has 2 fully saturated rings. The van der Waals surface area contributed by atoms with E-state index < -0.39 is 17.9 Å². The fourth-order valence-electron chi connectivity index (χ4n) is 2.68. The minimum absolute atomic E-state index is 0.0528. The Morgan fingerprint density at radius 3 is 2.65 bits per heavy atom. The summed E-state index contributed by atoms with van der Waals surface area (Å²) in [5.41, 5.74) is 0. The molecular weight excluding hydrogens is 262 g/mol. The van der Waals surface area contributed by atoms with Gasteiger partial charge in [0.2, 0.25) is 23.6 Å². The van der Waals surface area contributed by atoms with E-state index in [1.54, 1.807) is 11.8 Å². The summed E-state index contributed by atoms with van der Waals surface area (Å²) in [5.74, 6) is -1.50. The maximum atomic E-state index is 12.5. The van der Waals surface area contributed by atoms with Crippen LogP contribution in [0.3, 0.4) is 0 Å². The molecule has 0 aromatic rings. The van der Waals surface area contributed by atoms with Crippen molar-refractivity contribution in [2.45, 2.75) is 32.7 Å². The summed E-state index contributed by atoms with van der Waals surface area (Å²) in [6.45, 7) is 4.02. The second-order valence-corrected chi connectivity index (χ2v) is 5.36. The minimum atomic E-state index is -0.645. The van der Waals surface area contributed by atoms with Crippen LogP contribution in [0.25, 0.3) is 0 Å². The molecule has 0 aliphatic carbocycles. The summed E-state index contributed by atoms with van der Waals surface area (Å²) in [6.07, 6.45) is 1.44. The fourth-order valence-corrected chi connectivity index (χ4v) is 2.68. The Balaban J connectivity index is 2.08. The number of hydrogen-bond acceptors (Lipinski definition) is 4. The lowest BCUT2D eigenvalue weighted by atomic mass is 9.95. The number of rotatable bonds is 1. The SMILES string of the molecule is CC(=O)N1CCCC(C(=O)N2CC(=O)NC(=O)C2C)C1. The molecule has 2 rings (SSSR count). The van der Waals surface area contributed by atoms with Crippen LogP contribution in [0.15, 0.2) is 0 Å². The number of amides is 4. The highest BCUT2D eigenvalue weighted by Crippen LogP contribution is 2.21. The molecule has 0 radical (unpaired) electrons. The van der Waals surface area contributed by atoms with Gasteiger partial charge in [0, 0.05) is 20.0 Å². The summed E-state index contributed by atoms with van der Waals surface area (Å²) in [4.78, 5) is 49.8. The first kappa shape index (κ1) is 14.5. The van der Waals surface area contributed by atoms with E-state index in [-0.39, 0.29) is 24.3 Å². The predicted molar refractivity (Wildman–Crippen MR) is 69.3 cm³/mol. The first-order valence-electron chi connectivity index (χ1n) is 6.80. The Labute approximate surface area is 117 Å². The van der Waals surface area contributed by atoms with Crippen LogP contribution in [0, 0.1) is 5.92 Å². The molecule has 0 spiro atoms. The first-order chi connectivity index (χ1) is 9.40. The van der Waals surface area contributed by atoms with Crippen LogP contribution >= 0.6 is 0 Å². The highest BCUT2D eigenvalue weighted by molar-refractivity contribution is 6.04. The van der Waals surface area contributed by atoms with E-state index in [2.05, 4.69) is 5.32 Å². The highest BCUT2D eigenvalue weighted by atomic mass is 16.2. The van der Waals surface area contributed by atoms with Crippen LogP contribution in [0.4, 0.5) is 0 Å². The van der Waals surface area contributed by atoms with Gasteiger partial charge >= 0.3 is 0 Å². The van der Waals surface area contributed by atoms with Gasteiger partial charge in [0.1, 0.15) is 12.6 Å². The van der Waals surface area contributed by atoms with Crippen LogP contribution in [-0.2, 0) is 19.2 Å². The number of piperazine rings is 1. The number of carbonyl (C=O) groups excluding carboxylic acids is 4. The summed E-state index contributed by atoms with van der Waals surface area (Å²) in [7, 11) is 0. The molecule has 2 aliphatic rings. The van der Waals surface area contributed by atoms with Crippen molar-refractivity contribution in [3.63, 3.8) is 0 Å². The zero-order valence-electron chi connectivity index (χ0n) is 11.7. The summed E-state index contributed by atoms with van der Waals surface area (Å²) >= 11 is 0. The monoisotopic (exact) mass is 281 g/mol. The molecule has 7 heteroatoms. The lowest BCUT2D eigenvalue weighted by molar-refractivity contribution is -0.153. The molecule has 2 aliphatic heterocycles. The van der Waals surface area contributed by atoms with Gasteiger partial charge in [-0.05, 0) is 19.8 Å². The van der Waals surface area contributed by atoms with E-state index in [1.165, 1.54) is 11.8 Å². The number of likely N-dealkylation sites (tertiary alicyclic amines) is 1. The van der Waals surface area contributed by atoms with Gasteiger partial charge in [-0.15, -0.1) is 0 Å². The lowest BCUT2D eigenvalue weighted by Gasteiger charge is -2.37. The van der Waals surface area contributed by atoms with E-state index in [0.29, 0.717) is 19.5 Å². The second-order valence-electron chi connectivity index (χ2n) is 5.36. The van der Waals surface area contributed by atoms with Crippen LogP contribution in [0.5, 0.6) is 0 Å². The van der Waals surface area contributed by atoms with Gasteiger partial charge in [-0.2, -0.15) is 0 Å². The molecule has 0 aromatic heterocycles. The molecule has 0 saturated carbocycles. The molecule has 7 nitrogen and oxygen atoms in total. The minimum Gasteiger partial charge on any atom is -0.342 e. The van der Waals surface area contributed by atoms with Gasteiger partial charge in [0.15, 0.2) is 0 Å². The molecule has 110 valence electrons. The van der Waals surface area contributed by atoms with Gasteiger partial charge in [-0.25, -0.2) is 0 Å². The molecule has 0 aromatic carbocycles. The third kappa shape index (κ3) is 2.81. The molecule has 2 saturated heterocycles. The van der Waals surface area contributed by atoms with Crippen LogP contribution in [0.2, 0.25) is 0 Å². The van der Waals surface area contributed by atoms with E-state index in [4.69, 9.17) is 0 Å². The van der Waals surface area contributed by atoms with Gasteiger partial charge in [0.05, 0.1) is 5.92 Å². The number of piperidine rings is 1. The largest absolute Gasteiger partial charge is 0.342 e. The predicted octanol–water partition coefficient (Wildman–Crippen LogP) is -0.882. The van der Waals surface area contributed by atoms with Gasteiger partial charge in [0.25, 0.3) is 0 Å². The van der Waals surface area contributed by atoms with E-state index in [9.17, 15) is 19.2 Å². The topological polar surface area (TPSA) is 86.8 Å². The zero-order chi connectivity index (χ0) is 14.9. The van der Waals surface area contributed by atoms with E-state index >= 15 is 0 Å². The molecule has 1 N–H and O–H groups in total. The number of hydrogen-bond donors (Lipinski definition) is 1. The molecule has 2 heterocycles. The van der Waals surface area contributed by atoms with Crippen molar-refractivity contribution < 1.29 is 19.2 Å². The molecular formula is C13H19N3O4. The second kappa shape index (κ2) is 5.60. The van der Waals surface area contributed by atoms with Gasteiger partial charge in [-0.1, -0.05) is 0 Å². The summed E-state index contributed by atoms with van der Waals surface area (Å²) in [6, 6.07) is -0.645. The third-order valence-corrected chi connectivity index (χ3v) is 3.92. The number of carbonyl (C=O) groups is 4. The number of nitrogens with zero attached hydrogens (tertiary/aromatic N) is 2. The van der Waals surface area contributed by atoms with Crippen molar-refractivity contribution in [3.05, 3.63) is 0 Å². The maximum absolute atomic E-state index is 12.5. The van der Waals surface area contributed by atoms with Crippen molar-refractivity contribution in [1.82, 2.24) is 15.1 Å². The molecule has 0 bridgehead atoms. The molecule has 2 unspecified atom stereocenters.